The molecule has 2 aromatic rings. The van der Waals surface area contributed by atoms with Crippen molar-refractivity contribution < 1.29 is 12.8 Å². The molecule has 0 aliphatic heterocycles. The molecular weight excluding hydrogens is 336 g/mol. The summed E-state index contributed by atoms with van der Waals surface area (Å²) in [5.41, 5.74) is 2.59. The molecule has 5 heteroatoms. The maximum Gasteiger partial charge on any atom is 0.336 e. The average Bonchev–Trinajstić information content (AvgIpc) is 2.54. The molecular formula is C20H28O4S. The Morgan fingerprint density at radius 2 is 1.68 bits per heavy atom. The van der Waals surface area contributed by atoms with Crippen LogP contribution in [0.25, 0.3) is 11.0 Å². The summed E-state index contributed by atoms with van der Waals surface area (Å²) in [6, 6.07) is 7.44. The lowest BCUT2D eigenvalue weighted by Crippen LogP contribution is -2.17. The van der Waals surface area contributed by atoms with E-state index >= 15 is 0 Å². The third kappa shape index (κ3) is 5.70. The molecule has 0 N–H and O–H groups in total. The Labute approximate surface area is 150 Å². The molecule has 0 saturated heterocycles. The van der Waals surface area contributed by atoms with Gasteiger partial charge >= 0.3 is 5.63 Å². The van der Waals surface area contributed by atoms with Crippen LogP contribution in [-0.4, -0.2) is 19.4 Å². The second-order valence-electron chi connectivity index (χ2n) is 7.02. The molecule has 0 amide bonds. The van der Waals surface area contributed by atoms with E-state index in [9.17, 15) is 13.2 Å². The SMILES string of the molecule is Cc1cc(CCCCCCCS(=O)(=O)C(C)C)cc2ccc(=O)oc12. The highest BCUT2D eigenvalue weighted by Gasteiger charge is 2.14. The maximum absolute atomic E-state index is 11.7. The van der Waals surface area contributed by atoms with Crippen molar-refractivity contribution in [3.05, 3.63) is 45.8 Å². The molecule has 0 spiro atoms. The van der Waals surface area contributed by atoms with Gasteiger partial charge in [0.2, 0.25) is 0 Å². The molecule has 25 heavy (non-hydrogen) atoms. The van der Waals surface area contributed by atoms with Gasteiger partial charge < -0.3 is 4.42 Å². The summed E-state index contributed by atoms with van der Waals surface area (Å²) < 4.78 is 28.7. The summed E-state index contributed by atoms with van der Waals surface area (Å²) in [5, 5.41) is 0.696. The Bertz CT molecular complexity index is 863. The quantitative estimate of drug-likeness (QED) is 0.488. The molecule has 0 radical (unpaired) electrons. The van der Waals surface area contributed by atoms with E-state index in [-0.39, 0.29) is 10.9 Å². The van der Waals surface area contributed by atoms with Gasteiger partial charge in [-0.2, -0.15) is 0 Å². The predicted octanol–water partition coefficient (Wildman–Crippen LogP) is 4.42. The molecule has 2 rings (SSSR count). The molecule has 0 unspecified atom stereocenters. The Morgan fingerprint density at radius 3 is 2.40 bits per heavy atom. The smallest absolute Gasteiger partial charge is 0.336 e. The third-order valence-electron chi connectivity index (χ3n) is 4.58. The van der Waals surface area contributed by atoms with Gasteiger partial charge in [0.1, 0.15) is 5.58 Å². The van der Waals surface area contributed by atoms with Crippen LogP contribution in [0.15, 0.2) is 33.5 Å². The highest BCUT2D eigenvalue weighted by molar-refractivity contribution is 7.91. The van der Waals surface area contributed by atoms with Crippen molar-refractivity contribution in [2.24, 2.45) is 0 Å². The number of hydrogen-bond donors (Lipinski definition) is 0. The second kappa shape index (κ2) is 8.65. The molecule has 1 aromatic heterocycles. The van der Waals surface area contributed by atoms with Gasteiger partial charge in [-0.25, -0.2) is 13.2 Å². The molecule has 1 aromatic carbocycles. The summed E-state index contributed by atoms with van der Waals surface area (Å²) >= 11 is 0. The minimum atomic E-state index is -2.89. The van der Waals surface area contributed by atoms with Gasteiger partial charge in [-0.05, 0) is 63.3 Å². The van der Waals surface area contributed by atoms with E-state index in [0.717, 1.165) is 49.5 Å². The van der Waals surface area contributed by atoms with Crippen molar-refractivity contribution in [3.8, 4) is 0 Å². The first kappa shape index (κ1) is 19.7. The molecule has 0 aliphatic carbocycles. The van der Waals surface area contributed by atoms with Gasteiger partial charge in [-0.15, -0.1) is 0 Å². The van der Waals surface area contributed by atoms with Crippen molar-refractivity contribution in [1.29, 1.82) is 0 Å². The van der Waals surface area contributed by atoms with Crippen molar-refractivity contribution >= 4 is 20.8 Å². The van der Waals surface area contributed by atoms with Crippen LogP contribution in [0.4, 0.5) is 0 Å². The van der Waals surface area contributed by atoms with Crippen LogP contribution in [0, 0.1) is 6.92 Å². The van der Waals surface area contributed by atoms with Gasteiger partial charge in [0.15, 0.2) is 9.84 Å². The zero-order valence-corrected chi connectivity index (χ0v) is 16.2. The minimum Gasteiger partial charge on any atom is -0.422 e. The van der Waals surface area contributed by atoms with Crippen molar-refractivity contribution in [1.82, 2.24) is 0 Å². The van der Waals surface area contributed by atoms with E-state index in [1.54, 1.807) is 13.8 Å². The summed E-state index contributed by atoms with van der Waals surface area (Å²) in [4.78, 5) is 11.3. The normalized spacial score (nSPS) is 12.2. The number of unbranched alkanes of at least 4 members (excludes halogenated alkanes) is 4. The van der Waals surface area contributed by atoms with Crippen LogP contribution in [0.5, 0.6) is 0 Å². The number of sulfone groups is 1. The monoisotopic (exact) mass is 364 g/mol. The first-order valence-corrected chi connectivity index (χ1v) is 10.8. The van der Waals surface area contributed by atoms with Crippen LogP contribution in [-0.2, 0) is 16.3 Å². The number of hydrogen-bond acceptors (Lipinski definition) is 4. The Morgan fingerprint density at radius 1 is 1.00 bits per heavy atom. The first-order chi connectivity index (χ1) is 11.8. The Balaban J connectivity index is 1.76. The first-order valence-electron chi connectivity index (χ1n) is 9.04. The number of benzene rings is 1. The molecule has 138 valence electrons. The van der Waals surface area contributed by atoms with Crippen molar-refractivity contribution in [2.75, 3.05) is 5.75 Å². The van der Waals surface area contributed by atoms with Gasteiger partial charge in [0, 0.05) is 11.5 Å². The number of aryl methyl sites for hydroxylation is 2. The lowest BCUT2D eigenvalue weighted by atomic mass is 10.0. The summed E-state index contributed by atoms with van der Waals surface area (Å²) in [6.45, 7) is 5.45. The highest BCUT2D eigenvalue weighted by Crippen LogP contribution is 2.20. The van der Waals surface area contributed by atoms with Gasteiger partial charge in [0.05, 0.1) is 11.0 Å². The maximum atomic E-state index is 11.7. The summed E-state index contributed by atoms with van der Waals surface area (Å²) in [7, 11) is -2.89. The molecule has 1 heterocycles. The van der Waals surface area contributed by atoms with Crippen LogP contribution in [0.1, 0.15) is 57.1 Å². The summed E-state index contributed by atoms with van der Waals surface area (Å²) in [5.74, 6) is 0.305. The fourth-order valence-corrected chi connectivity index (χ4v) is 4.05. The van der Waals surface area contributed by atoms with Gasteiger partial charge in [0.25, 0.3) is 0 Å². The van der Waals surface area contributed by atoms with E-state index < -0.39 is 9.84 Å². The lowest BCUT2D eigenvalue weighted by molar-refractivity contribution is 0.558. The lowest BCUT2D eigenvalue weighted by Gasteiger charge is -2.08. The van der Waals surface area contributed by atoms with Gasteiger partial charge in [-0.3, -0.25) is 0 Å². The second-order valence-corrected chi connectivity index (χ2v) is 9.70. The van der Waals surface area contributed by atoms with Crippen molar-refractivity contribution in [3.63, 3.8) is 0 Å². The van der Waals surface area contributed by atoms with Crippen molar-refractivity contribution in [2.45, 2.75) is 64.5 Å². The largest absolute Gasteiger partial charge is 0.422 e. The molecule has 0 saturated carbocycles. The zero-order valence-electron chi connectivity index (χ0n) is 15.4. The highest BCUT2D eigenvalue weighted by atomic mass is 32.2. The van der Waals surface area contributed by atoms with E-state index in [0.29, 0.717) is 11.3 Å². The molecule has 0 aliphatic rings. The number of fused-ring (bicyclic) bond motifs is 1. The van der Waals surface area contributed by atoms with E-state index in [4.69, 9.17) is 4.42 Å². The topological polar surface area (TPSA) is 64.3 Å². The van der Waals surface area contributed by atoms with E-state index in [2.05, 4.69) is 12.1 Å². The van der Waals surface area contributed by atoms with E-state index in [1.807, 2.05) is 13.0 Å². The fourth-order valence-electron chi connectivity index (χ4n) is 2.98. The van der Waals surface area contributed by atoms with Crippen LogP contribution in [0.3, 0.4) is 0 Å². The van der Waals surface area contributed by atoms with E-state index in [1.165, 1.54) is 11.6 Å². The number of rotatable bonds is 9. The van der Waals surface area contributed by atoms with Crippen LogP contribution in [0.2, 0.25) is 0 Å². The van der Waals surface area contributed by atoms with Crippen LogP contribution >= 0.6 is 0 Å². The summed E-state index contributed by atoms with van der Waals surface area (Å²) in [6.07, 6.45) is 5.96. The molecule has 0 atom stereocenters. The average molecular weight is 365 g/mol. The third-order valence-corrected chi connectivity index (χ3v) is 6.87. The van der Waals surface area contributed by atoms with Gasteiger partial charge in [-0.1, -0.05) is 25.3 Å². The standard InChI is InChI=1S/C20H28O4S/c1-15(2)25(22,23)12-8-6-4-5-7-9-17-13-16(3)20-18(14-17)10-11-19(21)24-20/h10-11,13-15H,4-9,12H2,1-3H3. The Kier molecular flexibility index (Phi) is 6.82. The zero-order chi connectivity index (χ0) is 18.4. The fraction of sp³-hybridized carbons (Fsp3) is 0.550. The molecule has 0 bridgehead atoms. The molecule has 0 fully saturated rings. The predicted molar refractivity (Wildman–Crippen MR) is 103 cm³/mol. The minimum absolute atomic E-state index is 0.270. The van der Waals surface area contributed by atoms with Crippen LogP contribution < -0.4 is 5.63 Å². The molecule has 4 nitrogen and oxygen atoms in total. The Hall–Kier alpha value is -1.62.